The Morgan fingerprint density at radius 3 is 2.50 bits per heavy atom. The third kappa shape index (κ3) is 4.21. The minimum atomic E-state index is -1.39. The van der Waals surface area contributed by atoms with Crippen molar-refractivity contribution in [3.05, 3.63) is 12.2 Å². The normalized spacial score (nSPS) is 10.4. The first-order valence-electron chi connectivity index (χ1n) is 2.75. The van der Waals surface area contributed by atoms with Crippen molar-refractivity contribution in [2.75, 3.05) is 13.0 Å². The van der Waals surface area contributed by atoms with Crippen LogP contribution in [0.2, 0.25) is 0 Å². The van der Waals surface area contributed by atoms with Crippen LogP contribution in [0, 0.1) is 0 Å². The minimum absolute atomic E-state index is 0.0129. The van der Waals surface area contributed by atoms with Crippen molar-refractivity contribution in [2.45, 2.75) is 6.92 Å². The Kier molecular flexibility index (Phi) is 3.89. The lowest BCUT2D eigenvalue weighted by atomic mass is 10.4. The van der Waals surface area contributed by atoms with E-state index >= 15 is 0 Å². The summed E-state index contributed by atoms with van der Waals surface area (Å²) >= 11 is 0. The highest BCUT2D eigenvalue weighted by atomic mass is 31.1. The van der Waals surface area contributed by atoms with E-state index in [2.05, 4.69) is 11.3 Å². The Balaban J connectivity index is 3.60. The van der Waals surface area contributed by atoms with Crippen molar-refractivity contribution in [1.29, 1.82) is 0 Å². The molecule has 1 unspecified atom stereocenters. The average Bonchev–Trinajstić information content (AvgIpc) is 1.82. The largest absolute Gasteiger partial charge is 0.416 e. The van der Waals surface area contributed by atoms with Crippen LogP contribution in [-0.4, -0.2) is 19.0 Å². The van der Waals surface area contributed by atoms with Crippen LogP contribution < -0.4 is 0 Å². The zero-order chi connectivity index (χ0) is 8.15. The van der Waals surface area contributed by atoms with Gasteiger partial charge in [0.25, 0.3) is 6.35 Å². The summed E-state index contributed by atoms with van der Waals surface area (Å²) in [5.41, 5.74) is 0.330. The summed E-state index contributed by atoms with van der Waals surface area (Å²) < 4.78 is 15.0. The van der Waals surface area contributed by atoms with Gasteiger partial charge >= 0.3 is 13.8 Å². The molecule has 10 heavy (non-hydrogen) atoms. The molecule has 0 fully saturated rings. The lowest BCUT2D eigenvalue weighted by Gasteiger charge is -1.94. The molecule has 4 heteroatoms. The zero-order valence-electron chi connectivity index (χ0n) is 6.09. The first-order chi connectivity index (χ1) is 4.54. The third-order valence-corrected chi connectivity index (χ3v) is 1.22. The molecule has 3 nitrogen and oxygen atoms in total. The summed E-state index contributed by atoms with van der Waals surface area (Å²) in [4.78, 5) is 10.6. The molecule has 0 spiro atoms. The molecule has 0 aliphatic rings. The SMILES string of the molecule is C=C(C)C(=O)OC[P+](C)=O. The number of hydrogen-bond acceptors (Lipinski definition) is 3. The molecule has 56 valence electrons. The van der Waals surface area contributed by atoms with Gasteiger partial charge in [-0.2, -0.15) is 0 Å². The molecule has 0 heterocycles. The summed E-state index contributed by atoms with van der Waals surface area (Å²) in [7, 11) is -1.39. The van der Waals surface area contributed by atoms with Crippen LogP contribution >= 0.6 is 7.80 Å². The Hall–Kier alpha value is -0.690. The van der Waals surface area contributed by atoms with Crippen LogP contribution in [0.15, 0.2) is 12.2 Å². The number of carbonyl (C=O) groups excluding carboxylic acids is 1. The van der Waals surface area contributed by atoms with E-state index in [4.69, 9.17) is 0 Å². The summed E-state index contributed by atoms with van der Waals surface area (Å²) in [5, 5.41) is 0. The lowest BCUT2D eigenvalue weighted by molar-refractivity contribution is -0.136. The van der Waals surface area contributed by atoms with Gasteiger partial charge in [-0.3, -0.25) is 0 Å². The maximum Gasteiger partial charge on any atom is 0.376 e. The Morgan fingerprint density at radius 1 is 1.70 bits per heavy atom. The fourth-order valence-electron chi connectivity index (χ4n) is 0.273. The van der Waals surface area contributed by atoms with Crippen molar-refractivity contribution in [1.82, 2.24) is 0 Å². The van der Waals surface area contributed by atoms with Gasteiger partial charge in [-0.15, -0.1) is 0 Å². The van der Waals surface area contributed by atoms with Gasteiger partial charge < -0.3 is 4.74 Å². The van der Waals surface area contributed by atoms with E-state index in [1.54, 1.807) is 6.92 Å². The van der Waals surface area contributed by atoms with E-state index in [1.165, 1.54) is 6.66 Å². The van der Waals surface area contributed by atoms with E-state index in [0.717, 1.165) is 0 Å². The minimum Gasteiger partial charge on any atom is -0.416 e. The van der Waals surface area contributed by atoms with Gasteiger partial charge in [-0.1, -0.05) is 11.1 Å². The van der Waals surface area contributed by atoms with Gasteiger partial charge in [0.15, 0.2) is 0 Å². The number of carbonyl (C=O) groups is 1. The Labute approximate surface area is 60.9 Å². The molecule has 1 atom stereocenters. The van der Waals surface area contributed by atoms with Gasteiger partial charge in [-0.05, 0) is 6.92 Å². The Morgan fingerprint density at radius 2 is 2.20 bits per heavy atom. The highest BCUT2D eigenvalue weighted by Crippen LogP contribution is 2.13. The van der Waals surface area contributed by atoms with Crippen LogP contribution in [0.1, 0.15) is 6.92 Å². The first kappa shape index (κ1) is 9.31. The molecule has 0 amide bonds. The second kappa shape index (κ2) is 4.18. The summed E-state index contributed by atoms with van der Waals surface area (Å²) in [6.07, 6.45) is -0.0129. The predicted molar refractivity (Wildman–Crippen MR) is 39.3 cm³/mol. The molecule has 0 rings (SSSR count). The average molecular weight is 161 g/mol. The lowest BCUT2D eigenvalue weighted by Crippen LogP contribution is -2.03. The molecule has 0 saturated carbocycles. The van der Waals surface area contributed by atoms with Crippen molar-refractivity contribution >= 4 is 13.8 Å². The molecule has 0 bridgehead atoms. The van der Waals surface area contributed by atoms with Crippen molar-refractivity contribution in [3.8, 4) is 0 Å². The smallest absolute Gasteiger partial charge is 0.376 e. The molecule has 0 aliphatic heterocycles. The molecule has 0 N–H and O–H groups in total. The maximum atomic E-state index is 10.6. The number of esters is 1. The van der Waals surface area contributed by atoms with Gasteiger partial charge in [0.2, 0.25) is 0 Å². The molecule has 0 saturated heterocycles. The number of hydrogen-bond donors (Lipinski definition) is 0. The molecule has 0 aromatic heterocycles. The molecule has 0 aromatic carbocycles. The maximum absolute atomic E-state index is 10.6. The second-order valence-corrected chi connectivity index (χ2v) is 3.48. The standard InChI is InChI=1S/C6H10O3P/c1-5(2)6(7)9-4-10(3)8/h1,4H2,2-3H3/q+1. The van der Waals surface area contributed by atoms with Gasteiger partial charge in [0.1, 0.15) is 6.66 Å². The van der Waals surface area contributed by atoms with Crippen LogP contribution in [0.5, 0.6) is 0 Å². The predicted octanol–water partition coefficient (Wildman–Crippen LogP) is 1.52. The van der Waals surface area contributed by atoms with Gasteiger partial charge in [0.05, 0.1) is 0 Å². The molecule has 0 aromatic rings. The van der Waals surface area contributed by atoms with Crippen LogP contribution in [0.25, 0.3) is 0 Å². The van der Waals surface area contributed by atoms with E-state index < -0.39 is 13.8 Å². The van der Waals surface area contributed by atoms with E-state index in [0.29, 0.717) is 5.57 Å². The summed E-state index contributed by atoms with van der Waals surface area (Å²) in [6, 6.07) is 0. The van der Waals surface area contributed by atoms with Crippen molar-refractivity contribution in [2.24, 2.45) is 0 Å². The van der Waals surface area contributed by atoms with Gasteiger partial charge in [-0.25, -0.2) is 4.79 Å². The highest BCUT2D eigenvalue weighted by molar-refractivity contribution is 7.43. The number of rotatable bonds is 3. The van der Waals surface area contributed by atoms with Crippen LogP contribution in [0.4, 0.5) is 0 Å². The molecular formula is C6H10O3P+. The van der Waals surface area contributed by atoms with E-state index in [-0.39, 0.29) is 6.35 Å². The third-order valence-electron chi connectivity index (χ3n) is 0.726. The topological polar surface area (TPSA) is 43.4 Å². The molecule has 0 aliphatic carbocycles. The molecular weight excluding hydrogens is 151 g/mol. The number of ether oxygens (including phenoxy) is 1. The second-order valence-electron chi connectivity index (χ2n) is 1.97. The van der Waals surface area contributed by atoms with Crippen LogP contribution in [-0.2, 0) is 14.1 Å². The Bertz CT molecular complexity index is 174. The molecule has 0 radical (unpaired) electrons. The first-order valence-corrected chi connectivity index (χ1v) is 4.64. The van der Waals surface area contributed by atoms with E-state index in [9.17, 15) is 9.36 Å². The fourth-order valence-corrected chi connectivity index (χ4v) is 0.572. The van der Waals surface area contributed by atoms with Crippen LogP contribution in [0.3, 0.4) is 0 Å². The van der Waals surface area contributed by atoms with Crippen molar-refractivity contribution < 1.29 is 14.1 Å². The fraction of sp³-hybridized carbons (Fsp3) is 0.500. The van der Waals surface area contributed by atoms with Crippen molar-refractivity contribution in [3.63, 3.8) is 0 Å². The quantitative estimate of drug-likeness (QED) is 0.358. The summed E-state index contributed by atoms with van der Waals surface area (Å²) in [6.45, 7) is 6.41. The van der Waals surface area contributed by atoms with E-state index in [1.807, 2.05) is 0 Å². The summed E-state index contributed by atoms with van der Waals surface area (Å²) in [5.74, 6) is -0.481. The zero-order valence-corrected chi connectivity index (χ0v) is 6.98. The highest BCUT2D eigenvalue weighted by Gasteiger charge is 2.10. The monoisotopic (exact) mass is 161 g/mol. The van der Waals surface area contributed by atoms with Gasteiger partial charge in [0, 0.05) is 5.57 Å².